The van der Waals surface area contributed by atoms with Gasteiger partial charge in [0.15, 0.2) is 0 Å². The summed E-state index contributed by atoms with van der Waals surface area (Å²) in [4.78, 5) is 11.3. The van der Waals surface area contributed by atoms with Gasteiger partial charge in [0.2, 0.25) is 0 Å². The molecule has 0 fully saturated rings. The van der Waals surface area contributed by atoms with Crippen molar-refractivity contribution in [3.63, 3.8) is 0 Å². The third-order valence-corrected chi connectivity index (χ3v) is 3.03. The summed E-state index contributed by atoms with van der Waals surface area (Å²) < 4.78 is 1.88. The maximum absolute atomic E-state index is 11.3. The van der Waals surface area contributed by atoms with E-state index in [0.717, 1.165) is 11.4 Å². The van der Waals surface area contributed by atoms with Gasteiger partial charge in [-0.2, -0.15) is 0 Å². The van der Waals surface area contributed by atoms with Crippen molar-refractivity contribution in [2.45, 2.75) is 13.8 Å². The molecule has 0 atom stereocenters. The summed E-state index contributed by atoms with van der Waals surface area (Å²) in [5.41, 5.74) is 2.70. The van der Waals surface area contributed by atoms with E-state index < -0.39 is 5.97 Å². The molecule has 0 spiro atoms. The lowest BCUT2D eigenvalue weighted by Gasteiger charge is -2.13. The van der Waals surface area contributed by atoms with Gasteiger partial charge in [0.05, 0.1) is 10.7 Å². The number of rotatable bonds is 2. The van der Waals surface area contributed by atoms with Crippen molar-refractivity contribution < 1.29 is 9.90 Å². The summed E-state index contributed by atoms with van der Waals surface area (Å²) in [7, 11) is 0. The number of carbonyl (C=O) groups is 1. The fourth-order valence-electron chi connectivity index (χ4n) is 1.96. The first-order chi connectivity index (χ1) is 8.02. The van der Waals surface area contributed by atoms with Crippen LogP contribution in [0.4, 0.5) is 0 Å². The zero-order valence-corrected chi connectivity index (χ0v) is 10.3. The molecule has 0 aliphatic rings. The van der Waals surface area contributed by atoms with E-state index in [1.165, 1.54) is 0 Å². The fraction of sp³-hybridized carbons (Fsp3) is 0.154. The second kappa shape index (κ2) is 4.26. The smallest absolute Gasteiger partial charge is 0.339 e. The molecule has 0 aliphatic heterocycles. The van der Waals surface area contributed by atoms with Gasteiger partial charge in [-0.25, -0.2) is 4.79 Å². The van der Waals surface area contributed by atoms with Gasteiger partial charge >= 0.3 is 5.97 Å². The molecule has 0 saturated heterocycles. The van der Waals surface area contributed by atoms with Gasteiger partial charge in [-0.3, -0.25) is 0 Å². The second-order valence-electron chi connectivity index (χ2n) is 3.89. The van der Waals surface area contributed by atoms with Crippen LogP contribution in [0.25, 0.3) is 5.69 Å². The number of halogens is 1. The van der Waals surface area contributed by atoms with Crippen molar-refractivity contribution in [1.29, 1.82) is 0 Å². The van der Waals surface area contributed by atoms with Crippen LogP contribution >= 0.6 is 11.6 Å². The first-order valence-corrected chi connectivity index (χ1v) is 5.57. The standard InChI is InChI=1S/C13H12ClNO2/c1-8-6-7-9(2)15(8)11-5-3-4-10(14)12(11)13(16)17/h3-7H,1-2H3,(H,16,17). The largest absolute Gasteiger partial charge is 0.478 e. The van der Waals surface area contributed by atoms with Gasteiger partial charge in [0.25, 0.3) is 0 Å². The van der Waals surface area contributed by atoms with Crippen LogP contribution in [0.3, 0.4) is 0 Å². The molecule has 1 heterocycles. The first-order valence-electron chi connectivity index (χ1n) is 5.19. The molecule has 1 aromatic carbocycles. The molecule has 88 valence electrons. The van der Waals surface area contributed by atoms with Gasteiger partial charge in [-0.15, -0.1) is 0 Å². The molecule has 3 nitrogen and oxygen atoms in total. The van der Waals surface area contributed by atoms with E-state index in [0.29, 0.717) is 5.69 Å². The topological polar surface area (TPSA) is 42.2 Å². The molecule has 1 N–H and O–H groups in total. The van der Waals surface area contributed by atoms with E-state index in [9.17, 15) is 9.90 Å². The number of carboxylic acid groups (broad SMARTS) is 1. The fourth-order valence-corrected chi connectivity index (χ4v) is 2.21. The highest BCUT2D eigenvalue weighted by Gasteiger charge is 2.17. The van der Waals surface area contributed by atoms with E-state index in [-0.39, 0.29) is 10.6 Å². The minimum Gasteiger partial charge on any atom is -0.478 e. The molecule has 0 bridgehead atoms. The maximum atomic E-state index is 11.3. The Morgan fingerprint density at radius 3 is 2.29 bits per heavy atom. The Bertz CT molecular complexity index is 568. The average molecular weight is 250 g/mol. The summed E-state index contributed by atoms with van der Waals surface area (Å²) >= 11 is 5.95. The number of hydrogen-bond acceptors (Lipinski definition) is 1. The quantitative estimate of drug-likeness (QED) is 0.886. The monoisotopic (exact) mass is 249 g/mol. The predicted molar refractivity (Wildman–Crippen MR) is 67.2 cm³/mol. The Labute approximate surface area is 104 Å². The summed E-state index contributed by atoms with van der Waals surface area (Å²) in [6.07, 6.45) is 0. The third kappa shape index (κ3) is 1.94. The van der Waals surface area contributed by atoms with Gasteiger partial charge in [0, 0.05) is 11.4 Å². The Hall–Kier alpha value is -1.74. The van der Waals surface area contributed by atoms with E-state index in [4.69, 9.17) is 11.6 Å². The summed E-state index contributed by atoms with van der Waals surface area (Å²) in [5.74, 6) is -1.02. The molecule has 4 heteroatoms. The van der Waals surface area contributed by atoms with Gasteiger partial charge in [0.1, 0.15) is 5.56 Å². The lowest BCUT2D eigenvalue weighted by atomic mass is 10.1. The second-order valence-corrected chi connectivity index (χ2v) is 4.30. The molecular weight excluding hydrogens is 238 g/mol. The Balaban J connectivity index is 2.76. The number of aromatic nitrogens is 1. The van der Waals surface area contributed by atoms with Gasteiger partial charge < -0.3 is 9.67 Å². The molecule has 0 unspecified atom stereocenters. The molecule has 2 aromatic rings. The number of carboxylic acids is 1. The third-order valence-electron chi connectivity index (χ3n) is 2.72. The van der Waals surface area contributed by atoms with Crippen LogP contribution in [-0.4, -0.2) is 15.6 Å². The number of hydrogen-bond donors (Lipinski definition) is 1. The average Bonchev–Trinajstić information content (AvgIpc) is 2.57. The first kappa shape index (κ1) is 11.7. The minimum atomic E-state index is -1.02. The molecule has 1 aromatic heterocycles. The molecule has 2 rings (SSSR count). The van der Waals surface area contributed by atoms with Gasteiger partial charge in [-0.1, -0.05) is 17.7 Å². The number of benzene rings is 1. The SMILES string of the molecule is Cc1ccc(C)n1-c1cccc(Cl)c1C(=O)O. The Kier molecular flexibility index (Phi) is 2.94. The van der Waals surface area contributed by atoms with E-state index in [1.54, 1.807) is 18.2 Å². The molecule has 0 aliphatic carbocycles. The van der Waals surface area contributed by atoms with Crippen molar-refractivity contribution in [2.75, 3.05) is 0 Å². The van der Waals surface area contributed by atoms with Crippen LogP contribution in [0, 0.1) is 13.8 Å². The van der Waals surface area contributed by atoms with Crippen molar-refractivity contribution in [1.82, 2.24) is 4.57 Å². The summed E-state index contributed by atoms with van der Waals surface area (Å²) in [6, 6.07) is 8.99. The van der Waals surface area contributed by atoms with Crippen molar-refractivity contribution in [3.05, 3.63) is 52.3 Å². The van der Waals surface area contributed by atoms with Crippen LogP contribution in [0.1, 0.15) is 21.7 Å². The van der Waals surface area contributed by atoms with Crippen LogP contribution in [0.5, 0.6) is 0 Å². The van der Waals surface area contributed by atoms with Crippen molar-refractivity contribution in [2.24, 2.45) is 0 Å². The molecule has 17 heavy (non-hydrogen) atoms. The highest BCUT2D eigenvalue weighted by molar-refractivity contribution is 6.34. The highest BCUT2D eigenvalue weighted by Crippen LogP contribution is 2.26. The van der Waals surface area contributed by atoms with E-state index in [2.05, 4.69) is 0 Å². The Morgan fingerprint density at radius 2 is 1.76 bits per heavy atom. The molecule has 0 amide bonds. The molecular formula is C13H12ClNO2. The lowest BCUT2D eigenvalue weighted by molar-refractivity contribution is 0.0697. The lowest BCUT2D eigenvalue weighted by Crippen LogP contribution is -2.08. The zero-order chi connectivity index (χ0) is 12.6. The van der Waals surface area contributed by atoms with Crippen molar-refractivity contribution in [3.8, 4) is 5.69 Å². The summed E-state index contributed by atoms with van der Waals surface area (Å²) in [6.45, 7) is 3.86. The Morgan fingerprint density at radius 1 is 1.18 bits per heavy atom. The maximum Gasteiger partial charge on any atom is 0.339 e. The zero-order valence-electron chi connectivity index (χ0n) is 9.57. The van der Waals surface area contributed by atoms with Gasteiger partial charge in [-0.05, 0) is 38.1 Å². The van der Waals surface area contributed by atoms with Crippen LogP contribution < -0.4 is 0 Å². The molecule has 0 radical (unpaired) electrons. The number of nitrogens with zero attached hydrogens (tertiary/aromatic N) is 1. The predicted octanol–water partition coefficient (Wildman–Crippen LogP) is 3.45. The van der Waals surface area contributed by atoms with Crippen LogP contribution in [-0.2, 0) is 0 Å². The van der Waals surface area contributed by atoms with Crippen molar-refractivity contribution >= 4 is 17.6 Å². The summed E-state index contributed by atoms with van der Waals surface area (Å²) in [5, 5.41) is 9.48. The van der Waals surface area contributed by atoms with E-state index in [1.807, 2.05) is 30.5 Å². The molecule has 0 saturated carbocycles. The number of aryl methyl sites for hydroxylation is 2. The highest BCUT2D eigenvalue weighted by atomic mass is 35.5. The van der Waals surface area contributed by atoms with Crippen LogP contribution in [0.15, 0.2) is 30.3 Å². The number of aromatic carboxylic acids is 1. The van der Waals surface area contributed by atoms with E-state index >= 15 is 0 Å². The van der Waals surface area contributed by atoms with Crippen LogP contribution in [0.2, 0.25) is 5.02 Å². The normalized spacial score (nSPS) is 10.5. The minimum absolute atomic E-state index is 0.136.